The van der Waals surface area contributed by atoms with Gasteiger partial charge in [0.1, 0.15) is 12.4 Å². The molecule has 130 valence electrons. The molecule has 2 aromatic carbocycles. The highest BCUT2D eigenvalue weighted by atomic mass is 32.1. The second-order valence-corrected chi connectivity index (χ2v) is 6.50. The van der Waals surface area contributed by atoms with Gasteiger partial charge in [-0.05, 0) is 31.3 Å². The molecule has 1 aromatic heterocycles. The number of hydrogen-bond acceptors (Lipinski definition) is 2. The van der Waals surface area contributed by atoms with E-state index in [-0.39, 0.29) is 5.82 Å². The van der Waals surface area contributed by atoms with E-state index in [1.54, 1.807) is 0 Å². The Morgan fingerprint density at radius 3 is 2.40 bits per heavy atom. The van der Waals surface area contributed by atoms with Crippen LogP contribution in [0.2, 0.25) is 0 Å². The lowest BCUT2D eigenvalue weighted by atomic mass is 10.2. The van der Waals surface area contributed by atoms with Gasteiger partial charge in [-0.1, -0.05) is 42.5 Å². The van der Waals surface area contributed by atoms with Crippen LogP contribution in [0.15, 0.2) is 54.6 Å². The predicted molar refractivity (Wildman–Crippen MR) is 99.2 cm³/mol. The van der Waals surface area contributed by atoms with E-state index in [2.05, 4.69) is 18.5 Å². The van der Waals surface area contributed by atoms with E-state index in [0.717, 1.165) is 34.8 Å². The highest BCUT2D eigenvalue weighted by Gasteiger charge is 2.14. The highest BCUT2D eigenvalue weighted by molar-refractivity contribution is 7.71. The van der Waals surface area contributed by atoms with Gasteiger partial charge in [0.15, 0.2) is 12.5 Å². The molecule has 4 nitrogen and oxygen atoms in total. The van der Waals surface area contributed by atoms with Gasteiger partial charge in [0, 0.05) is 17.7 Å². The van der Waals surface area contributed by atoms with Crippen LogP contribution in [0.3, 0.4) is 0 Å². The molecule has 0 aliphatic heterocycles. The molecule has 1 atom stereocenters. The topological polar surface area (TPSA) is 27.2 Å². The van der Waals surface area contributed by atoms with Gasteiger partial charge in [-0.2, -0.15) is 4.68 Å². The molecule has 6 heteroatoms. The van der Waals surface area contributed by atoms with E-state index in [4.69, 9.17) is 17.3 Å². The zero-order valence-corrected chi connectivity index (χ0v) is 15.3. The van der Waals surface area contributed by atoms with Gasteiger partial charge < -0.3 is 9.47 Å². The van der Waals surface area contributed by atoms with Crippen LogP contribution < -0.4 is 4.90 Å². The number of hydrogen-bond donors (Lipinski definition) is 1. The van der Waals surface area contributed by atoms with Crippen molar-refractivity contribution in [1.29, 1.82) is 0 Å². The Hall–Kier alpha value is -2.31. The van der Waals surface area contributed by atoms with Gasteiger partial charge in [-0.3, -0.25) is 0 Å². The molecule has 3 rings (SSSR count). The number of rotatable bonds is 6. The van der Waals surface area contributed by atoms with Gasteiger partial charge in [-0.25, -0.2) is 4.39 Å². The zero-order valence-electron chi connectivity index (χ0n) is 14.4. The van der Waals surface area contributed by atoms with E-state index >= 15 is 0 Å². The standard InChI is InChI=1S/C19H21FN4S/c1-3-23-18(16-7-5-4-6-8-16)21-24(19(23)25)14-22(2)13-15-9-11-17(20)12-10-15/h4-12H,3,13-14H2,1-2H3/p+1. The van der Waals surface area contributed by atoms with Gasteiger partial charge in [0.2, 0.25) is 4.77 Å². The molecule has 0 bridgehead atoms. The smallest absolute Gasteiger partial charge is 0.203 e. The minimum absolute atomic E-state index is 0.210. The average molecular weight is 357 g/mol. The molecule has 0 saturated heterocycles. The first-order valence-electron chi connectivity index (χ1n) is 8.37. The molecule has 0 aliphatic rings. The lowest BCUT2D eigenvalue weighted by Crippen LogP contribution is -3.07. The molecule has 25 heavy (non-hydrogen) atoms. The van der Waals surface area contributed by atoms with Crippen molar-refractivity contribution in [2.45, 2.75) is 26.7 Å². The van der Waals surface area contributed by atoms with Gasteiger partial charge in [0.05, 0.1) is 7.05 Å². The van der Waals surface area contributed by atoms with Crippen molar-refractivity contribution in [1.82, 2.24) is 14.3 Å². The van der Waals surface area contributed by atoms with Crippen molar-refractivity contribution in [2.75, 3.05) is 7.05 Å². The predicted octanol–water partition coefficient (Wildman–Crippen LogP) is 2.91. The first kappa shape index (κ1) is 17.5. The number of benzene rings is 2. The van der Waals surface area contributed by atoms with Gasteiger partial charge >= 0.3 is 0 Å². The highest BCUT2D eigenvalue weighted by Crippen LogP contribution is 2.17. The van der Waals surface area contributed by atoms with E-state index < -0.39 is 0 Å². The van der Waals surface area contributed by atoms with Crippen LogP contribution in [-0.4, -0.2) is 21.4 Å². The summed E-state index contributed by atoms with van der Waals surface area (Å²) < 4.78 is 17.7. The SMILES string of the molecule is CCn1c(-c2ccccc2)nn(C[NH+](C)Cc2ccc(F)cc2)c1=S. The Kier molecular flexibility index (Phi) is 5.40. The molecule has 1 heterocycles. The Balaban J connectivity index is 1.81. The fourth-order valence-corrected chi connectivity index (χ4v) is 3.21. The molecular weight excluding hydrogens is 335 g/mol. The summed E-state index contributed by atoms with van der Waals surface area (Å²) in [5, 5.41) is 4.74. The van der Waals surface area contributed by atoms with Crippen LogP contribution >= 0.6 is 12.2 Å². The summed E-state index contributed by atoms with van der Waals surface area (Å²) in [6, 6.07) is 16.7. The van der Waals surface area contributed by atoms with Crippen LogP contribution in [-0.2, 0) is 19.8 Å². The summed E-state index contributed by atoms with van der Waals surface area (Å²) >= 11 is 5.61. The van der Waals surface area contributed by atoms with Crippen molar-refractivity contribution >= 4 is 12.2 Å². The number of nitrogens with one attached hydrogen (secondary N) is 1. The van der Waals surface area contributed by atoms with Crippen LogP contribution in [0.5, 0.6) is 0 Å². The molecule has 1 N–H and O–H groups in total. The first-order valence-corrected chi connectivity index (χ1v) is 8.78. The molecule has 0 aliphatic carbocycles. The second kappa shape index (κ2) is 7.72. The Morgan fingerprint density at radius 2 is 1.76 bits per heavy atom. The van der Waals surface area contributed by atoms with Gasteiger partial charge in [-0.15, -0.1) is 5.10 Å². The van der Waals surface area contributed by atoms with E-state index in [9.17, 15) is 4.39 Å². The largest absolute Gasteiger partial charge is 0.315 e. The third kappa shape index (κ3) is 4.03. The molecule has 3 aromatic rings. The van der Waals surface area contributed by atoms with Crippen molar-refractivity contribution in [3.05, 3.63) is 70.7 Å². The van der Waals surface area contributed by atoms with Crippen molar-refractivity contribution in [3.63, 3.8) is 0 Å². The lowest BCUT2D eigenvalue weighted by molar-refractivity contribution is -0.917. The fourth-order valence-electron chi connectivity index (χ4n) is 2.89. The minimum atomic E-state index is -0.210. The lowest BCUT2D eigenvalue weighted by Gasteiger charge is -2.13. The summed E-state index contributed by atoms with van der Waals surface area (Å²) in [6.07, 6.45) is 0. The zero-order chi connectivity index (χ0) is 17.8. The Labute approximate surface area is 152 Å². The maximum Gasteiger partial charge on any atom is 0.203 e. The molecule has 0 fully saturated rings. The number of quaternary nitrogens is 1. The van der Waals surface area contributed by atoms with Crippen LogP contribution in [0, 0.1) is 10.6 Å². The monoisotopic (exact) mass is 357 g/mol. The van der Waals surface area contributed by atoms with E-state index in [1.165, 1.54) is 17.0 Å². The molecule has 0 spiro atoms. The van der Waals surface area contributed by atoms with Crippen LogP contribution in [0.4, 0.5) is 4.39 Å². The maximum atomic E-state index is 13.0. The minimum Gasteiger partial charge on any atom is -0.315 e. The molecule has 0 saturated carbocycles. The Bertz CT molecular complexity index is 884. The second-order valence-electron chi connectivity index (χ2n) is 6.13. The quantitative estimate of drug-likeness (QED) is 0.687. The normalized spacial score (nSPS) is 12.3. The van der Waals surface area contributed by atoms with E-state index in [0.29, 0.717) is 6.67 Å². The number of halogens is 1. The average Bonchev–Trinajstić information content (AvgIpc) is 2.93. The van der Waals surface area contributed by atoms with E-state index in [1.807, 2.05) is 47.1 Å². The fraction of sp³-hybridized carbons (Fsp3) is 0.263. The van der Waals surface area contributed by atoms with Crippen LogP contribution in [0.25, 0.3) is 11.4 Å². The first-order chi connectivity index (χ1) is 12.1. The molecule has 1 unspecified atom stereocenters. The van der Waals surface area contributed by atoms with Crippen molar-refractivity contribution in [2.24, 2.45) is 0 Å². The third-order valence-electron chi connectivity index (χ3n) is 4.11. The summed E-state index contributed by atoms with van der Waals surface area (Å²) in [5.41, 5.74) is 2.15. The molecule has 0 radical (unpaired) electrons. The van der Waals surface area contributed by atoms with Crippen LogP contribution in [0.1, 0.15) is 12.5 Å². The van der Waals surface area contributed by atoms with Crippen molar-refractivity contribution in [3.8, 4) is 11.4 Å². The number of aromatic nitrogens is 3. The molecule has 0 amide bonds. The van der Waals surface area contributed by atoms with Crippen molar-refractivity contribution < 1.29 is 9.29 Å². The summed E-state index contributed by atoms with van der Waals surface area (Å²) in [7, 11) is 2.08. The third-order valence-corrected chi connectivity index (χ3v) is 4.54. The summed E-state index contributed by atoms with van der Waals surface area (Å²) in [6.45, 7) is 4.29. The van der Waals surface area contributed by atoms with Gasteiger partial charge in [0.25, 0.3) is 0 Å². The maximum absolute atomic E-state index is 13.0. The summed E-state index contributed by atoms with van der Waals surface area (Å²) in [4.78, 5) is 1.23. The summed E-state index contributed by atoms with van der Waals surface area (Å²) in [5.74, 6) is 0.681. The Morgan fingerprint density at radius 1 is 1.08 bits per heavy atom. The number of nitrogens with zero attached hydrogens (tertiary/aromatic N) is 3. The molecular formula is C19H22FN4S+.